The van der Waals surface area contributed by atoms with E-state index in [0.29, 0.717) is 40.6 Å². The fourth-order valence-corrected chi connectivity index (χ4v) is 3.91. The summed E-state index contributed by atoms with van der Waals surface area (Å²) in [6, 6.07) is 4.08. The highest BCUT2D eigenvalue weighted by Gasteiger charge is 2.30. The van der Waals surface area contributed by atoms with Crippen molar-refractivity contribution in [3.05, 3.63) is 46.7 Å². The van der Waals surface area contributed by atoms with Gasteiger partial charge in [0.15, 0.2) is 5.65 Å². The van der Waals surface area contributed by atoms with Gasteiger partial charge in [-0.1, -0.05) is 17.7 Å². The van der Waals surface area contributed by atoms with Gasteiger partial charge in [0.25, 0.3) is 5.91 Å². The molecule has 37 heavy (non-hydrogen) atoms. The third-order valence-corrected chi connectivity index (χ3v) is 5.59. The molecule has 2 amide bonds. The summed E-state index contributed by atoms with van der Waals surface area (Å²) in [6.07, 6.45) is 2.59. The van der Waals surface area contributed by atoms with Crippen LogP contribution in [0.2, 0.25) is 5.02 Å². The second-order valence-corrected chi connectivity index (χ2v) is 9.70. The van der Waals surface area contributed by atoms with Gasteiger partial charge in [0.05, 0.1) is 41.4 Å². The maximum absolute atomic E-state index is 13.4. The SMILES string of the molecule is CCn1ncc2c(NCc3ccc(OC)c(Cl)c3)c(C(=O)N[C@@H](CC(N)=O)C(=O)OC(C)(C)C)cnc21. The highest BCUT2D eigenvalue weighted by molar-refractivity contribution is 6.32. The second kappa shape index (κ2) is 11.5. The number of fused-ring (bicyclic) bond motifs is 1. The van der Waals surface area contributed by atoms with Crippen LogP contribution in [0, 0.1) is 0 Å². The number of nitrogens with zero attached hydrogens (tertiary/aromatic N) is 3. The molecule has 2 aromatic heterocycles. The van der Waals surface area contributed by atoms with Crippen LogP contribution in [0.1, 0.15) is 50.0 Å². The lowest BCUT2D eigenvalue weighted by atomic mass is 10.1. The molecule has 3 rings (SSSR count). The summed E-state index contributed by atoms with van der Waals surface area (Å²) in [5.74, 6) is -1.62. The smallest absolute Gasteiger partial charge is 0.329 e. The summed E-state index contributed by atoms with van der Waals surface area (Å²) in [6.45, 7) is 7.88. The molecule has 0 aliphatic rings. The molecule has 0 saturated carbocycles. The van der Waals surface area contributed by atoms with Gasteiger partial charge < -0.3 is 25.8 Å². The average molecular weight is 531 g/mol. The van der Waals surface area contributed by atoms with Crippen LogP contribution in [0.15, 0.2) is 30.6 Å². The van der Waals surface area contributed by atoms with Crippen molar-refractivity contribution in [2.45, 2.75) is 58.8 Å². The van der Waals surface area contributed by atoms with Crippen LogP contribution in [0.25, 0.3) is 11.0 Å². The molecule has 3 aromatic rings. The van der Waals surface area contributed by atoms with Crippen LogP contribution in [0.5, 0.6) is 5.75 Å². The topological polar surface area (TPSA) is 150 Å². The van der Waals surface area contributed by atoms with Crippen molar-refractivity contribution < 1.29 is 23.9 Å². The van der Waals surface area contributed by atoms with Crippen LogP contribution in [-0.2, 0) is 27.4 Å². The molecule has 1 aromatic carbocycles. The molecule has 0 saturated heterocycles. The molecular weight excluding hydrogens is 500 g/mol. The molecule has 0 fully saturated rings. The number of amides is 2. The van der Waals surface area contributed by atoms with Crippen LogP contribution < -0.4 is 21.1 Å². The third-order valence-electron chi connectivity index (χ3n) is 5.30. The second-order valence-electron chi connectivity index (χ2n) is 9.30. The fourth-order valence-electron chi connectivity index (χ4n) is 3.63. The first-order chi connectivity index (χ1) is 17.4. The maximum Gasteiger partial charge on any atom is 0.329 e. The van der Waals surface area contributed by atoms with E-state index < -0.39 is 35.8 Å². The minimum atomic E-state index is -1.27. The molecule has 0 radical (unpaired) electrons. The van der Waals surface area contributed by atoms with E-state index in [4.69, 9.17) is 26.8 Å². The number of aromatic nitrogens is 3. The number of aryl methyl sites for hydroxylation is 1. The lowest BCUT2D eigenvalue weighted by Gasteiger charge is -2.24. The number of hydrogen-bond donors (Lipinski definition) is 3. The van der Waals surface area contributed by atoms with Gasteiger partial charge in [-0.3, -0.25) is 9.59 Å². The molecule has 0 unspecified atom stereocenters. The van der Waals surface area contributed by atoms with E-state index in [1.807, 2.05) is 13.0 Å². The van der Waals surface area contributed by atoms with Gasteiger partial charge in [-0.2, -0.15) is 5.10 Å². The Morgan fingerprint density at radius 2 is 1.95 bits per heavy atom. The summed E-state index contributed by atoms with van der Waals surface area (Å²) in [7, 11) is 1.53. The number of methoxy groups -OCH3 is 1. The largest absolute Gasteiger partial charge is 0.495 e. The van der Waals surface area contributed by atoms with E-state index in [1.54, 1.807) is 43.8 Å². The molecule has 1 atom stereocenters. The summed E-state index contributed by atoms with van der Waals surface area (Å²) in [5, 5.41) is 11.3. The number of pyridine rings is 1. The number of nitrogens with one attached hydrogen (secondary N) is 2. The number of carbonyl (C=O) groups excluding carboxylic acids is 3. The molecule has 0 aliphatic carbocycles. The summed E-state index contributed by atoms with van der Waals surface area (Å²) >= 11 is 6.26. The minimum Gasteiger partial charge on any atom is -0.495 e. The summed E-state index contributed by atoms with van der Waals surface area (Å²) < 4.78 is 12.3. The normalized spacial score (nSPS) is 12.2. The highest BCUT2D eigenvalue weighted by atomic mass is 35.5. The van der Waals surface area contributed by atoms with E-state index in [1.165, 1.54) is 13.3 Å². The van der Waals surface area contributed by atoms with Gasteiger partial charge in [0, 0.05) is 19.3 Å². The first-order valence-electron chi connectivity index (χ1n) is 11.7. The number of primary amides is 1. The maximum atomic E-state index is 13.4. The monoisotopic (exact) mass is 530 g/mol. The van der Waals surface area contributed by atoms with Crippen LogP contribution >= 0.6 is 11.6 Å². The van der Waals surface area contributed by atoms with Crippen molar-refractivity contribution in [3.8, 4) is 5.75 Å². The average Bonchev–Trinajstić information content (AvgIpc) is 3.24. The van der Waals surface area contributed by atoms with Gasteiger partial charge in [-0.25, -0.2) is 14.5 Å². The summed E-state index contributed by atoms with van der Waals surface area (Å²) in [4.78, 5) is 42.1. The Labute approximate surface area is 219 Å². The van der Waals surface area contributed by atoms with Gasteiger partial charge >= 0.3 is 5.97 Å². The zero-order valence-electron chi connectivity index (χ0n) is 21.4. The number of hydrogen-bond acceptors (Lipinski definition) is 8. The number of esters is 1. The predicted molar refractivity (Wildman–Crippen MR) is 139 cm³/mol. The van der Waals surface area contributed by atoms with E-state index in [9.17, 15) is 14.4 Å². The van der Waals surface area contributed by atoms with E-state index >= 15 is 0 Å². The van der Waals surface area contributed by atoms with Gasteiger partial charge in [-0.05, 0) is 45.4 Å². The number of ether oxygens (including phenoxy) is 2. The molecule has 0 spiro atoms. The van der Waals surface area contributed by atoms with Crippen LogP contribution in [0.4, 0.5) is 5.69 Å². The van der Waals surface area contributed by atoms with E-state index in [-0.39, 0.29) is 5.56 Å². The third kappa shape index (κ3) is 6.88. The van der Waals surface area contributed by atoms with Crippen LogP contribution in [-0.4, -0.2) is 51.3 Å². The van der Waals surface area contributed by atoms with Gasteiger partial charge in [0.1, 0.15) is 17.4 Å². The Morgan fingerprint density at radius 3 is 2.54 bits per heavy atom. The Hall–Kier alpha value is -3.86. The van der Waals surface area contributed by atoms with Crippen LogP contribution in [0.3, 0.4) is 0 Å². The first-order valence-corrected chi connectivity index (χ1v) is 12.0. The van der Waals surface area contributed by atoms with Crippen molar-refractivity contribution in [2.75, 3.05) is 12.4 Å². The van der Waals surface area contributed by atoms with E-state index in [0.717, 1.165) is 5.56 Å². The molecule has 11 nitrogen and oxygen atoms in total. The molecule has 2 heterocycles. The number of halogens is 1. The van der Waals surface area contributed by atoms with Crippen molar-refractivity contribution >= 4 is 46.1 Å². The molecule has 198 valence electrons. The highest BCUT2D eigenvalue weighted by Crippen LogP contribution is 2.29. The standard InChI is InChI=1S/C25H31ClN6O5/c1-6-32-22-15(13-30-32)21(28-11-14-7-8-19(36-5)17(26)9-14)16(12-29-22)23(34)31-18(10-20(27)33)24(35)37-25(2,3)4/h7-9,12-13,18H,6,10-11H2,1-5H3,(H2,27,33)(H,28,29)(H,31,34)/t18-/m0/s1. The molecule has 0 aliphatic heterocycles. The number of carbonyl (C=O) groups is 3. The Kier molecular flexibility index (Phi) is 8.59. The zero-order chi connectivity index (χ0) is 27.3. The Balaban J connectivity index is 1.95. The molecule has 4 N–H and O–H groups in total. The van der Waals surface area contributed by atoms with Crippen molar-refractivity contribution in [1.29, 1.82) is 0 Å². The first kappa shape index (κ1) is 27.7. The lowest BCUT2D eigenvalue weighted by Crippen LogP contribution is -2.46. The number of anilines is 1. The lowest BCUT2D eigenvalue weighted by molar-refractivity contribution is -0.158. The Morgan fingerprint density at radius 1 is 1.22 bits per heavy atom. The van der Waals surface area contributed by atoms with E-state index in [2.05, 4.69) is 20.7 Å². The molecule has 12 heteroatoms. The zero-order valence-corrected chi connectivity index (χ0v) is 22.2. The number of benzene rings is 1. The quantitative estimate of drug-likeness (QED) is 0.338. The number of nitrogens with two attached hydrogens (primary N) is 1. The minimum absolute atomic E-state index is 0.154. The van der Waals surface area contributed by atoms with Gasteiger partial charge in [0.2, 0.25) is 5.91 Å². The predicted octanol–water partition coefficient (Wildman–Crippen LogP) is 3.04. The van der Waals surface area contributed by atoms with Crippen molar-refractivity contribution in [3.63, 3.8) is 0 Å². The Bertz CT molecular complexity index is 1320. The van der Waals surface area contributed by atoms with Crippen molar-refractivity contribution in [1.82, 2.24) is 20.1 Å². The molecular formula is C25H31ClN6O5. The fraction of sp³-hybridized carbons (Fsp3) is 0.400. The number of rotatable bonds is 10. The summed E-state index contributed by atoms with van der Waals surface area (Å²) in [5.41, 5.74) is 6.53. The van der Waals surface area contributed by atoms with Crippen molar-refractivity contribution in [2.24, 2.45) is 5.73 Å². The van der Waals surface area contributed by atoms with Gasteiger partial charge in [-0.15, -0.1) is 0 Å². The molecule has 0 bridgehead atoms.